The number of hydrogen-bond donors (Lipinski definition) is 1. The van der Waals surface area contributed by atoms with Crippen LogP contribution in [0.1, 0.15) is 22.2 Å². The average Bonchev–Trinajstić information content (AvgIpc) is 3.46. The van der Waals surface area contributed by atoms with Gasteiger partial charge in [-0.05, 0) is 48.9 Å². The monoisotopic (exact) mass is 491 g/mol. The zero-order chi connectivity index (χ0) is 24.1. The molecule has 7 nitrogen and oxygen atoms in total. The van der Waals surface area contributed by atoms with Crippen molar-refractivity contribution in [2.24, 2.45) is 0 Å². The number of thiophene rings is 1. The lowest BCUT2D eigenvalue weighted by Crippen LogP contribution is -2.22. The first kappa shape index (κ1) is 23.4. The van der Waals surface area contributed by atoms with E-state index in [0.717, 1.165) is 10.4 Å². The molecule has 0 fully saturated rings. The van der Waals surface area contributed by atoms with Gasteiger partial charge in [-0.3, -0.25) is 14.6 Å². The Kier molecular flexibility index (Phi) is 7.20. The van der Waals surface area contributed by atoms with Crippen LogP contribution in [0.5, 0.6) is 0 Å². The van der Waals surface area contributed by atoms with E-state index in [-0.39, 0.29) is 11.5 Å². The second-order valence-corrected chi connectivity index (χ2v) is 9.15. The van der Waals surface area contributed by atoms with Crippen molar-refractivity contribution in [1.29, 1.82) is 0 Å². The van der Waals surface area contributed by atoms with Crippen LogP contribution in [0.25, 0.3) is 11.3 Å². The first-order valence-corrected chi connectivity index (χ1v) is 11.7. The molecule has 0 atom stereocenters. The number of nitrogens with one attached hydrogen (secondary N) is 1. The van der Waals surface area contributed by atoms with Crippen LogP contribution < -0.4 is 10.9 Å². The first-order valence-electron chi connectivity index (χ1n) is 10.5. The fourth-order valence-electron chi connectivity index (χ4n) is 3.41. The molecule has 4 heterocycles. The van der Waals surface area contributed by atoms with Crippen LogP contribution in [-0.2, 0) is 13.1 Å². The molecular formula is C25H22ClN5O2S. The minimum absolute atomic E-state index is 0.206. The Hall–Kier alpha value is -3.75. The fraction of sp³-hybridized carbons (Fsp3) is 0.120. The lowest BCUT2D eigenvalue weighted by molar-refractivity contribution is 0.0947. The number of carbonyl (C=O) groups excluding carboxylic acids is 1. The fourth-order valence-corrected chi connectivity index (χ4v) is 4.44. The number of rotatable bonds is 8. The van der Waals surface area contributed by atoms with Crippen molar-refractivity contribution >= 4 is 34.7 Å². The third kappa shape index (κ3) is 5.08. The predicted molar refractivity (Wildman–Crippen MR) is 136 cm³/mol. The van der Waals surface area contributed by atoms with Crippen LogP contribution in [0.2, 0.25) is 4.34 Å². The highest BCUT2D eigenvalue weighted by molar-refractivity contribution is 7.16. The van der Waals surface area contributed by atoms with E-state index in [0.29, 0.717) is 40.1 Å². The van der Waals surface area contributed by atoms with Gasteiger partial charge in [-0.25, -0.2) is 0 Å². The Morgan fingerprint density at radius 3 is 2.71 bits per heavy atom. The maximum atomic E-state index is 13.2. The summed E-state index contributed by atoms with van der Waals surface area (Å²) in [6, 6.07) is 12.7. The molecule has 0 aromatic carbocycles. The molecule has 172 valence electrons. The zero-order valence-electron chi connectivity index (χ0n) is 18.4. The van der Waals surface area contributed by atoms with Gasteiger partial charge < -0.3 is 9.88 Å². The minimum atomic E-state index is -0.344. The molecule has 0 bridgehead atoms. The highest BCUT2D eigenvalue weighted by Gasteiger charge is 2.19. The van der Waals surface area contributed by atoms with E-state index in [1.165, 1.54) is 22.1 Å². The van der Waals surface area contributed by atoms with E-state index in [2.05, 4.69) is 22.0 Å². The molecule has 0 saturated carbocycles. The summed E-state index contributed by atoms with van der Waals surface area (Å²) in [4.78, 5) is 31.4. The summed E-state index contributed by atoms with van der Waals surface area (Å²) < 4.78 is 3.55. The van der Waals surface area contributed by atoms with E-state index in [9.17, 15) is 9.59 Å². The summed E-state index contributed by atoms with van der Waals surface area (Å²) in [5, 5.41) is 7.74. The molecule has 0 aliphatic rings. The van der Waals surface area contributed by atoms with Gasteiger partial charge in [0.2, 0.25) is 0 Å². The molecule has 0 radical (unpaired) electrons. The molecule has 1 N–H and O–H groups in total. The number of halogens is 1. The van der Waals surface area contributed by atoms with Crippen LogP contribution in [0.15, 0.2) is 90.2 Å². The average molecular weight is 492 g/mol. The number of anilines is 1. The van der Waals surface area contributed by atoms with Crippen LogP contribution >= 0.6 is 22.9 Å². The summed E-state index contributed by atoms with van der Waals surface area (Å²) in [5.74, 6) is 0.123. The summed E-state index contributed by atoms with van der Waals surface area (Å²) >= 11 is 7.49. The van der Waals surface area contributed by atoms with Crippen LogP contribution in [0.3, 0.4) is 0 Å². The SMILES string of the molecule is C=C/C(=C\C)C(=O)n1nc(-c2cccn(Cc3ccncc3)c2=O)cc1NCc1ccc(Cl)s1. The molecule has 0 amide bonds. The molecule has 0 aliphatic carbocycles. The maximum absolute atomic E-state index is 13.2. The smallest absolute Gasteiger partial charge is 0.279 e. The molecule has 0 unspecified atom stereocenters. The highest BCUT2D eigenvalue weighted by Crippen LogP contribution is 2.25. The van der Waals surface area contributed by atoms with E-state index >= 15 is 0 Å². The summed E-state index contributed by atoms with van der Waals surface area (Å²) in [7, 11) is 0. The third-order valence-electron chi connectivity index (χ3n) is 5.15. The number of allylic oxidation sites excluding steroid dienone is 3. The highest BCUT2D eigenvalue weighted by atomic mass is 35.5. The van der Waals surface area contributed by atoms with Crippen molar-refractivity contribution in [3.8, 4) is 11.3 Å². The molecule has 0 saturated heterocycles. The summed E-state index contributed by atoms with van der Waals surface area (Å²) in [6.45, 7) is 6.33. The number of aromatic nitrogens is 4. The molecule has 4 aromatic heterocycles. The van der Waals surface area contributed by atoms with E-state index in [1.54, 1.807) is 54.4 Å². The molecule has 4 rings (SSSR count). The molecular weight excluding hydrogens is 470 g/mol. The van der Waals surface area contributed by atoms with Crippen molar-refractivity contribution in [2.45, 2.75) is 20.0 Å². The van der Waals surface area contributed by atoms with Gasteiger partial charge in [0, 0.05) is 35.1 Å². The largest absolute Gasteiger partial charge is 0.365 e. The number of carbonyl (C=O) groups is 1. The van der Waals surface area contributed by atoms with Gasteiger partial charge in [-0.1, -0.05) is 30.3 Å². The molecule has 4 aromatic rings. The standard InChI is InChI=1S/C25H22ClN5O2S/c1-3-18(4-2)24(32)31-23(28-15-19-7-8-22(26)34-19)14-21(29-31)20-6-5-13-30(25(20)33)16-17-9-11-27-12-10-17/h3-14,28H,1,15-16H2,2H3/b18-4+. The summed E-state index contributed by atoms with van der Waals surface area (Å²) in [5.41, 5.74) is 1.94. The van der Waals surface area contributed by atoms with Gasteiger partial charge in [-0.2, -0.15) is 9.78 Å². The van der Waals surface area contributed by atoms with Crippen LogP contribution in [0, 0.1) is 0 Å². The van der Waals surface area contributed by atoms with Crippen LogP contribution in [0.4, 0.5) is 5.82 Å². The molecule has 0 spiro atoms. The lowest BCUT2D eigenvalue weighted by Gasteiger charge is -2.08. The Labute approximate surface area is 205 Å². The van der Waals surface area contributed by atoms with Crippen molar-refractivity contribution in [3.63, 3.8) is 0 Å². The molecule has 9 heteroatoms. The van der Waals surface area contributed by atoms with E-state index in [1.807, 2.05) is 24.3 Å². The van der Waals surface area contributed by atoms with Gasteiger partial charge in [0.05, 0.1) is 23.0 Å². The minimum Gasteiger partial charge on any atom is -0.365 e. The third-order valence-corrected chi connectivity index (χ3v) is 6.38. The predicted octanol–water partition coefficient (Wildman–Crippen LogP) is 5.25. The quantitative estimate of drug-likeness (QED) is 0.269. The van der Waals surface area contributed by atoms with Gasteiger partial charge in [0.25, 0.3) is 11.5 Å². The van der Waals surface area contributed by atoms with E-state index < -0.39 is 0 Å². The summed E-state index contributed by atoms with van der Waals surface area (Å²) in [6.07, 6.45) is 8.26. The van der Waals surface area contributed by atoms with E-state index in [4.69, 9.17) is 11.6 Å². The Balaban J connectivity index is 1.72. The van der Waals surface area contributed by atoms with Gasteiger partial charge in [-0.15, -0.1) is 11.3 Å². The topological polar surface area (TPSA) is 81.8 Å². The van der Waals surface area contributed by atoms with Crippen molar-refractivity contribution in [1.82, 2.24) is 19.3 Å². The number of pyridine rings is 2. The van der Waals surface area contributed by atoms with Crippen molar-refractivity contribution in [3.05, 3.63) is 110 Å². The maximum Gasteiger partial charge on any atom is 0.279 e. The van der Waals surface area contributed by atoms with Gasteiger partial charge in [0.15, 0.2) is 0 Å². The molecule has 34 heavy (non-hydrogen) atoms. The van der Waals surface area contributed by atoms with Gasteiger partial charge in [0.1, 0.15) is 11.5 Å². The Bertz CT molecular complexity index is 1420. The lowest BCUT2D eigenvalue weighted by atomic mass is 10.2. The van der Waals surface area contributed by atoms with Gasteiger partial charge >= 0.3 is 0 Å². The normalized spacial score (nSPS) is 11.4. The number of hydrogen-bond acceptors (Lipinski definition) is 6. The first-order chi connectivity index (χ1) is 16.5. The van der Waals surface area contributed by atoms with Crippen molar-refractivity contribution < 1.29 is 4.79 Å². The van der Waals surface area contributed by atoms with Crippen molar-refractivity contribution in [2.75, 3.05) is 5.32 Å². The zero-order valence-corrected chi connectivity index (χ0v) is 20.0. The Morgan fingerprint density at radius 1 is 1.24 bits per heavy atom. The Morgan fingerprint density at radius 2 is 2.03 bits per heavy atom. The molecule has 0 aliphatic heterocycles. The van der Waals surface area contributed by atoms with Crippen LogP contribution in [-0.4, -0.2) is 25.2 Å². The number of nitrogens with zero attached hydrogens (tertiary/aromatic N) is 4. The second-order valence-electron chi connectivity index (χ2n) is 7.35. The second kappa shape index (κ2) is 10.5.